The van der Waals surface area contributed by atoms with E-state index in [9.17, 15) is 34.5 Å². The Kier molecular flexibility index (Phi) is 9.68. The molecule has 0 radical (unpaired) electrons. The van der Waals surface area contributed by atoms with Crippen LogP contribution in [0.25, 0.3) is 0 Å². The van der Waals surface area contributed by atoms with E-state index >= 15 is 0 Å². The average molecular weight is 426 g/mol. The summed E-state index contributed by atoms with van der Waals surface area (Å²) in [5, 5.41) is 43.2. The third kappa shape index (κ3) is 7.66. The first-order valence-electron chi connectivity index (χ1n) is 8.98. The van der Waals surface area contributed by atoms with Crippen LogP contribution < -0.4 is 21.7 Å². The number of hydrogen-bond donors (Lipinski definition) is 8. The molecule has 9 N–H and O–H groups in total. The van der Waals surface area contributed by atoms with Crippen molar-refractivity contribution in [1.29, 1.82) is 0 Å². The third-order valence-electron chi connectivity index (χ3n) is 4.09. The summed E-state index contributed by atoms with van der Waals surface area (Å²) in [4.78, 5) is 47.2. The SMILES string of the molecule is CC(NC(=O)C(CO)NC(=O)C(CO)NC(=O)C(N)Cc1ccc(O)cc1)C(=O)O. The summed E-state index contributed by atoms with van der Waals surface area (Å²) >= 11 is 0. The molecule has 0 heterocycles. The second kappa shape index (κ2) is 11.7. The smallest absolute Gasteiger partial charge is 0.325 e. The molecule has 0 saturated carbocycles. The molecule has 3 amide bonds. The molecule has 1 rings (SSSR count). The van der Waals surface area contributed by atoms with Gasteiger partial charge in [0, 0.05) is 0 Å². The van der Waals surface area contributed by atoms with Crippen LogP contribution in [-0.4, -0.2) is 81.5 Å². The predicted octanol–water partition coefficient (Wildman–Crippen LogP) is -3.19. The number of aromatic hydroxyl groups is 1. The van der Waals surface area contributed by atoms with Crippen molar-refractivity contribution < 1.29 is 39.6 Å². The second-order valence-electron chi connectivity index (χ2n) is 6.53. The van der Waals surface area contributed by atoms with Gasteiger partial charge in [-0.05, 0) is 31.0 Å². The normalized spacial score (nSPS) is 14.7. The van der Waals surface area contributed by atoms with Crippen molar-refractivity contribution in [1.82, 2.24) is 16.0 Å². The van der Waals surface area contributed by atoms with E-state index in [-0.39, 0.29) is 12.2 Å². The zero-order valence-electron chi connectivity index (χ0n) is 16.2. The summed E-state index contributed by atoms with van der Waals surface area (Å²) in [5.41, 5.74) is 6.46. The number of aliphatic hydroxyl groups is 2. The van der Waals surface area contributed by atoms with Crippen molar-refractivity contribution in [3.05, 3.63) is 29.8 Å². The Morgan fingerprint density at radius 3 is 1.83 bits per heavy atom. The molecule has 0 fully saturated rings. The lowest BCUT2D eigenvalue weighted by Crippen LogP contribution is -2.58. The van der Waals surface area contributed by atoms with Gasteiger partial charge in [-0.2, -0.15) is 0 Å². The number of aliphatic carboxylic acids is 1. The summed E-state index contributed by atoms with van der Waals surface area (Å²) in [5.74, 6) is -3.93. The molecule has 4 atom stereocenters. The highest BCUT2D eigenvalue weighted by Crippen LogP contribution is 2.11. The molecule has 0 spiro atoms. The Labute approximate surface area is 172 Å². The second-order valence-corrected chi connectivity index (χ2v) is 6.53. The van der Waals surface area contributed by atoms with Crippen molar-refractivity contribution in [2.24, 2.45) is 5.73 Å². The number of rotatable bonds is 11. The Morgan fingerprint density at radius 1 is 0.900 bits per heavy atom. The highest BCUT2D eigenvalue weighted by Gasteiger charge is 2.28. The topological polar surface area (TPSA) is 211 Å². The van der Waals surface area contributed by atoms with Gasteiger partial charge in [0.15, 0.2) is 0 Å². The van der Waals surface area contributed by atoms with Gasteiger partial charge in [0.1, 0.15) is 23.9 Å². The number of phenols is 1. The van der Waals surface area contributed by atoms with E-state index < -0.39 is 61.1 Å². The van der Waals surface area contributed by atoms with Gasteiger partial charge in [-0.3, -0.25) is 19.2 Å². The number of carboxylic acids is 1. The monoisotopic (exact) mass is 426 g/mol. The van der Waals surface area contributed by atoms with E-state index in [0.29, 0.717) is 5.56 Å². The fourth-order valence-corrected chi connectivity index (χ4v) is 2.29. The van der Waals surface area contributed by atoms with Crippen molar-refractivity contribution >= 4 is 23.7 Å². The molecule has 4 unspecified atom stereocenters. The van der Waals surface area contributed by atoms with Crippen LogP contribution in [0.4, 0.5) is 0 Å². The average Bonchev–Trinajstić information content (AvgIpc) is 2.70. The number of carbonyl (C=O) groups excluding carboxylic acids is 3. The molecular formula is C18H26N4O8. The number of carboxylic acid groups (broad SMARTS) is 1. The number of phenolic OH excluding ortho intramolecular Hbond substituents is 1. The fraction of sp³-hybridized carbons (Fsp3) is 0.444. The maximum atomic E-state index is 12.3. The molecule has 1 aromatic rings. The van der Waals surface area contributed by atoms with Crippen molar-refractivity contribution in [3.8, 4) is 5.75 Å². The number of amides is 3. The molecule has 12 heteroatoms. The summed E-state index contributed by atoms with van der Waals surface area (Å²) < 4.78 is 0. The van der Waals surface area contributed by atoms with Gasteiger partial charge < -0.3 is 42.1 Å². The molecular weight excluding hydrogens is 400 g/mol. The Bertz CT molecular complexity index is 755. The molecule has 166 valence electrons. The molecule has 1 aromatic carbocycles. The molecule has 0 aliphatic rings. The zero-order chi connectivity index (χ0) is 22.8. The number of carbonyl (C=O) groups is 4. The minimum absolute atomic E-state index is 0.0500. The Balaban J connectivity index is 2.67. The standard InChI is InChI=1S/C18H26N4O8/c1-9(18(29)30)20-16(27)13(7-23)22-17(28)14(8-24)21-15(26)12(19)6-10-2-4-11(25)5-3-10/h2-5,9,12-14,23-25H,6-8,19H2,1H3,(H,20,27)(H,21,26)(H,22,28)(H,29,30). The van der Waals surface area contributed by atoms with Gasteiger partial charge in [-0.25, -0.2) is 0 Å². The molecule has 0 aliphatic carbocycles. The number of benzene rings is 1. The summed E-state index contributed by atoms with van der Waals surface area (Å²) in [6.45, 7) is -0.450. The molecule has 0 saturated heterocycles. The predicted molar refractivity (Wildman–Crippen MR) is 103 cm³/mol. The molecule has 30 heavy (non-hydrogen) atoms. The fourth-order valence-electron chi connectivity index (χ4n) is 2.29. The van der Waals surface area contributed by atoms with Crippen LogP contribution in [0.2, 0.25) is 0 Å². The number of hydrogen-bond acceptors (Lipinski definition) is 8. The Morgan fingerprint density at radius 2 is 1.37 bits per heavy atom. The van der Waals surface area contributed by atoms with Gasteiger partial charge in [0.05, 0.1) is 19.3 Å². The van der Waals surface area contributed by atoms with Crippen LogP contribution in [0.15, 0.2) is 24.3 Å². The van der Waals surface area contributed by atoms with E-state index in [1.807, 2.05) is 0 Å². The first-order valence-corrected chi connectivity index (χ1v) is 8.98. The third-order valence-corrected chi connectivity index (χ3v) is 4.09. The van der Waals surface area contributed by atoms with Crippen LogP contribution in [-0.2, 0) is 25.6 Å². The summed E-state index contributed by atoms with van der Waals surface area (Å²) in [6, 6.07) is 0.727. The van der Waals surface area contributed by atoms with Crippen LogP contribution in [0.3, 0.4) is 0 Å². The lowest BCUT2D eigenvalue weighted by Gasteiger charge is -2.22. The number of nitrogens with one attached hydrogen (secondary N) is 3. The highest BCUT2D eigenvalue weighted by atomic mass is 16.4. The molecule has 0 aliphatic heterocycles. The molecule has 0 aromatic heterocycles. The number of aliphatic hydroxyl groups excluding tert-OH is 2. The van der Waals surface area contributed by atoms with Crippen molar-refractivity contribution in [3.63, 3.8) is 0 Å². The van der Waals surface area contributed by atoms with E-state index in [4.69, 9.17) is 10.8 Å². The first kappa shape index (κ1) is 24.8. The van der Waals surface area contributed by atoms with Gasteiger partial charge in [-0.1, -0.05) is 12.1 Å². The van der Waals surface area contributed by atoms with E-state index in [1.54, 1.807) is 12.1 Å². The number of nitrogens with two attached hydrogens (primary N) is 1. The van der Waals surface area contributed by atoms with Gasteiger partial charge in [0.2, 0.25) is 17.7 Å². The maximum Gasteiger partial charge on any atom is 0.325 e. The van der Waals surface area contributed by atoms with E-state index in [1.165, 1.54) is 19.1 Å². The minimum atomic E-state index is -1.49. The van der Waals surface area contributed by atoms with Gasteiger partial charge in [0.25, 0.3) is 0 Å². The van der Waals surface area contributed by atoms with E-state index in [0.717, 1.165) is 0 Å². The van der Waals surface area contributed by atoms with Crippen LogP contribution >= 0.6 is 0 Å². The highest BCUT2D eigenvalue weighted by molar-refractivity contribution is 5.94. The van der Waals surface area contributed by atoms with Crippen LogP contribution in [0, 0.1) is 0 Å². The van der Waals surface area contributed by atoms with Gasteiger partial charge >= 0.3 is 5.97 Å². The quantitative estimate of drug-likeness (QED) is 0.179. The maximum absolute atomic E-state index is 12.3. The van der Waals surface area contributed by atoms with Crippen molar-refractivity contribution in [2.45, 2.75) is 37.5 Å². The minimum Gasteiger partial charge on any atom is -0.508 e. The largest absolute Gasteiger partial charge is 0.508 e. The van der Waals surface area contributed by atoms with Crippen LogP contribution in [0.1, 0.15) is 12.5 Å². The lowest BCUT2D eigenvalue weighted by atomic mass is 10.1. The zero-order valence-corrected chi connectivity index (χ0v) is 16.2. The summed E-state index contributed by atoms with van der Waals surface area (Å²) in [6.07, 6.45) is 0.0978. The lowest BCUT2D eigenvalue weighted by molar-refractivity contribution is -0.142. The van der Waals surface area contributed by atoms with E-state index in [2.05, 4.69) is 16.0 Å². The summed E-state index contributed by atoms with van der Waals surface area (Å²) in [7, 11) is 0. The van der Waals surface area contributed by atoms with Crippen LogP contribution in [0.5, 0.6) is 5.75 Å². The first-order chi connectivity index (χ1) is 14.1. The van der Waals surface area contributed by atoms with Crippen molar-refractivity contribution in [2.75, 3.05) is 13.2 Å². The molecule has 0 bridgehead atoms. The van der Waals surface area contributed by atoms with Gasteiger partial charge in [-0.15, -0.1) is 0 Å². The Hall–Kier alpha value is -3.22. The molecule has 12 nitrogen and oxygen atoms in total.